The van der Waals surface area contributed by atoms with Gasteiger partial charge in [-0.3, -0.25) is 15.3 Å². The number of nitrogens with one attached hydrogen (secondary N) is 2. The van der Waals surface area contributed by atoms with Crippen molar-refractivity contribution in [1.82, 2.24) is 25.4 Å². The maximum Gasteiger partial charge on any atom is 0.174 e. The van der Waals surface area contributed by atoms with Gasteiger partial charge >= 0.3 is 0 Å². The number of aromatic nitrogens is 3. The SMILES string of the molecule is CC(C)(O)c1cnn(C2=CNC(NC(C)(C)c3ncccc3Cl)N=C2)c1. The molecule has 0 amide bonds. The minimum Gasteiger partial charge on any atom is -0.386 e. The second-order valence-corrected chi connectivity index (χ2v) is 7.66. The van der Waals surface area contributed by atoms with E-state index in [0.29, 0.717) is 5.02 Å². The lowest BCUT2D eigenvalue weighted by Gasteiger charge is -2.31. The first-order valence-electron chi connectivity index (χ1n) is 8.33. The van der Waals surface area contributed by atoms with Crippen LogP contribution in [-0.2, 0) is 11.1 Å². The predicted molar refractivity (Wildman–Crippen MR) is 103 cm³/mol. The summed E-state index contributed by atoms with van der Waals surface area (Å²) in [5, 5.41) is 21.5. The molecular weight excluding hydrogens is 352 g/mol. The molecule has 0 bridgehead atoms. The lowest BCUT2D eigenvalue weighted by atomic mass is 10.00. The van der Waals surface area contributed by atoms with Gasteiger partial charge < -0.3 is 10.4 Å². The van der Waals surface area contributed by atoms with Crippen molar-refractivity contribution in [2.75, 3.05) is 0 Å². The summed E-state index contributed by atoms with van der Waals surface area (Å²) in [5.41, 5.74) is 0.854. The van der Waals surface area contributed by atoms with Crippen LogP contribution in [0.3, 0.4) is 0 Å². The van der Waals surface area contributed by atoms with Crippen molar-refractivity contribution in [3.05, 3.63) is 53.2 Å². The Labute approximate surface area is 157 Å². The highest BCUT2D eigenvalue weighted by molar-refractivity contribution is 6.31. The molecule has 3 heterocycles. The van der Waals surface area contributed by atoms with Gasteiger partial charge in [0.15, 0.2) is 6.29 Å². The number of aliphatic hydroxyl groups is 1. The van der Waals surface area contributed by atoms with Gasteiger partial charge in [-0.1, -0.05) is 11.6 Å². The van der Waals surface area contributed by atoms with Gasteiger partial charge in [-0.15, -0.1) is 0 Å². The van der Waals surface area contributed by atoms with Crippen LogP contribution in [0.2, 0.25) is 5.02 Å². The van der Waals surface area contributed by atoms with Crippen LogP contribution in [0.1, 0.15) is 39.0 Å². The van der Waals surface area contributed by atoms with E-state index in [1.165, 1.54) is 0 Å². The van der Waals surface area contributed by atoms with Crippen LogP contribution >= 0.6 is 11.6 Å². The van der Waals surface area contributed by atoms with Gasteiger partial charge in [-0.25, -0.2) is 4.68 Å². The molecule has 2 aromatic heterocycles. The first kappa shape index (κ1) is 18.6. The van der Waals surface area contributed by atoms with Crippen molar-refractivity contribution in [2.45, 2.75) is 45.1 Å². The van der Waals surface area contributed by atoms with Crippen LogP contribution in [0.25, 0.3) is 5.70 Å². The van der Waals surface area contributed by atoms with Gasteiger partial charge in [-0.05, 0) is 39.8 Å². The average Bonchev–Trinajstić information content (AvgIpc) is 3.06. The number of rotatable bonds is 5. The highest BCUT2D eigenvalue weighted by Gasteiger charge is 2.28. The molecule has 2 aromatic rings. The molecular formula is C18H23ClN6O. The van der Waals surface area contributed by atoms with E-state index in [2.05, 4.69) is 25.7 Å². The van der Waals surface area contributed by atoms with E-state index < -0.39 is 11.1 Å². The predicted octanol–water partition coefficient (Wildman–Crippen LogP) is 2.44. The molecule has 0 aromatic carbocycles. The Morgan fingerprint density at radius 2 is 2.08 bits per heavy atom. The lowest BCUT2D eigenvalue weighted by molar-refractivity contribution is 0.0786. The number of halogens is 1. The third-order valence-corrected chi connectivity index (χ3v) is 4.45. The fourth-order valence-electron chi connectivity index (χ4n) is 2.64. The summed E-state index contributed by atoms with van der Waals surface area (Å²) >= 11 is 6.26. The van der Waals surface area contributed by atoms with E-state index in [9.17, 15) is 5.11 Å². The van der Waals surface area contributed by atoms with Crippen molar-refractivity contribution in [3.63, 3.8) is 0 Å². The summed E-state index contributed by atoms with van der Waals surface area (Å²) in [6, 6.07) is 3.63. The van der Waals surface area contributed by atoms with E-state index in [1.807, 2.05) is 26.1 Å². The summed E-state index contributed by atoms with van der Waals surface area (Å²) in [7, 11) is 0. The Balaban J connectivity index is 1.69. The van der Waals surface area contributed by atoms with Crippen LogP contribution in [0, 0.1) is 0 Å². The fraction of sp³-hybridized carbons (Fsp3) is 0.389. The third kappa shape index (κ3) is 3.95. The Hall–Kier alpha value is -2.22. The second kappa shape index (κ2) is 6.83. The van der Waals surface area contributed by atoms with Crippen LogP contribution in [0.15, 0.2) is 41.9 Å². The molecule has 1 atom stereocenters. The molecule has 0 saturated carbocycles. The summed E-state index contributed by atoms with van der Waals surface area (Å²) in [5.74, 6) is 0. The molecule has 0 fully saturated rings. The Bertz CT molecular complexity index is 849. The van der Waals surface area contributed by atoms with Gasteiger partial charge in [0, 0.05) is 24.2 Å². The Morgan fingerprint density at radius 3 is 2.65 bits per heavy atom. The number of hydrogen-bond donors (Lipinski definition) is 3. The quantitative estimate of drug-likeness (QED) is 0.748. The van der Waals surface area contributed by atoms with E-state index >= 15 is 0 Å². The maximum absolute atomic E-state index is 10.1. The number of nitrogens with zero attached hydrogens (tertiary/aromatic N) is 4. The molecule has 1 aliphatic rings. The highest BCUT2D eigenvalue weighted by atomic mass is 35.5. The molecule has 138 valence electrons. The van der Waals surface area contributed by atoms with Crippen LogP contribution in [-0.4, -0.2) is 32.4 Å². The van der Waals surface area contributed by atoms with Crippen LogP contribution in [0.4, 0.5) is 0 Å². The minimum absolute atomic E-state index is 0.323. The van der Waals surface area contributed by atoms with Crippen LogP contribution < -0.4 is 10.6 Å². The summed E-state index contributed by atoms with van der Waals surface area (Å²) in [6.07, 6.45) is 8.37. The largest absolute Gasteiger partial charge is 0.386 e. The van der Waals surface area contributed by atoms with E-state index in [0.717, 1.165) is 17.0 Å². The van der Waals surface area contributed by atoms with Gasteiger partial charge in [-0.2, -0.15) is 5.10 Å². The summed E-state index contributed by atoms with van der Waals surface area (Å²) < 4.78 is 1.67. The number of hydrogen-bond acceptors (Lipinski definition) is 6. The van der Waals surface area contributed by atoms with E-state index in [4.69, 9.17) is 11.6 Å². The third-order valence-electron chi connectivity index (χ3n) is 4.15. The summed E-state index contributed by atoms with van der Waals surface area (Å²) in [6.45, 7) is 7.45. The van der Waals surface area contributed by atoms with Crippen molar-refractivity contribution >= 4 is 23.5 Å². The molecule has 0 saturated heterocycles. The standard InChI is InChI=1S/C18H23ClN6O/c1-17(2,15-14(19)6-5-7-20-15)24-16-21-9-13(10-22-16)25-11-12(8-23-25)18(3,4)26/h5-11,16,21,24,26H,1-4H3. The molecule has 1 aliphatic heterocycles. The van der Waals surface area contributed by atoms with Crippen molar-refractivity contribution in [2.24, 2.45) is 4.99 Å². The fourth-order valence-corrected chi connectivity index (χ4v) is 2.99. The molecule has 3 N–H and O–H groups in total. The van der Waals surface area contributed by atoms with Crippen LogP contribution in [0.5, 0.6) is 0 Å². The van der Waals surface area contributed by atoms with E-state index in [-0.39, 0.29) is 6.29 Å². The molecule has 0 spiro atoms. The molecule has 7 nitrogen and oxygen atoms in total. The number of pyridine rings is 1. The van der Waals surface area contributed by atoms with E-state index in [1.54, 1.807) is 49.4 Å². The number of aliphatic imine (C=N–C) groups is 1. The average molecular weight is 375 g/mol. The molecule has 0 aliphatic carbocycles. The van der Waals surface area contributed by atoms with Crippen molar-refractivity contribution < 1.29 is 5.11 Å². The van der Waals surface area contributed by atoms with Crippen molar-refractivity contribution in [1.29, 1.82) is 0 Å². The van der Waals surface area contributed by atoms with Gasteiger partial charge in [0.2, 0.25) is 0 Å². The number of allylic oxidation sites excluding steroid dienone is 1. The summed E-state index contributed by atoms with van der Waals surface area (Å²) in [4.78, 5) is 8.87. The topological polar surface area (TPSA) is 87.4 Å². The first-order valence-corrected chi connectivity index (χ1v) is 8.70. The van der Waals surface area contributed by atoms with Gasteiger partial charge in [0.05, 0.1) is 40.0 Å². The monoisotopic (exact) mass is 374 g/mol. The zero-order valence-electron chi connectivity index (χ0n) is 15.2. The molecule has 3 rings (SSSR count). The second-order valence-electron chi connectivity index (χ2n) is 7.25. The Morgan fingerprint density at radius 1 is 1.31 bits per heavy atom. The minimum atomic E-state index is -0.936. The molecule has 26 heavy (non-hydrogen) atoms. The molecule has 8 heteroatoms. The normalized spacial score (nSPS) is 17.8. The molecule has 1 unspecified atom stereocenters. The smallest absolute Gasteiger partial charge is 0.174 e. The maximum atomic E-state index is 10.1. The zero-order valence-corrected chi connectivity index (χ0v) is 16.0. The highest BCUT2D eigenvalue weighted by Crippen LogP contribution is 2.26. The van der Waals surface area contributed by atoms with Gasteiger partial charge in [0.1, 0.15) is 0 Å². The van der Waals surface area contributed by atoms with Gasteiger partial charge in [0.25, 0.3) is 0 Å². The lowest BCUT2D eigenvalue weighted by Crippen LogP contribution is -2.50. The Kier molecular flexibility index (Phi) is 4.88. The first-order chi connectivity index (χ1) is 12.2. The molecule has 0 radical (unpaired) electrons. The zero-order chi connectivity index (χ0) is 18.9. The van der Waals surface area contributed by atoms with Crippen molar-refractivity contribution in [3.8, 4) is 0 Å².